The van der Waals surface area contributed by atoms with Gasteiger partial charge in [-0.05, 0) is 6.42 Å². The molecule has 5 heteroatoms. The summed E-state index contributed by atoms with van der Waals surface area (Å²) in [6, 6.07) is 0. The molecule has 23 heavy (non-hydrogen) atoms. The Bertz CT molecular complexity index is 317. The number of aliphatic carboxylic acids is 2. The van der Waals surface area contributed by atoms with Crippen LogP contribution in [0.15, 0.2) is 0 Å². The van der Waals surface area contributed by atoms with Gasteiger partial charge in [0, 0.05) is 0 Å². The maximum absolute atomic E-state index is 11.0. The van der Waals surface area contributed by atoms with Gasteiger partial charge in [-0.2, -0.15) is 0 Å². The van der Waals surface area contributed by atoms with Gasteiger partial charge in [0.2, 0.25) is 0 Å². The Morgan fingerprint density at radius 3 is 1.43 bits per heavy atom. The van der Waals surface area contributed by atoms with Crippen LogP contribution in [0.25, 0.3) is 0 Å². The van der Waals surface area contributed by atoms with E-state index in [2.05, 4.69) is 6.92 Å². The molecule has 0 saturated carbocycles. The molecule has 0 aromatic rings. The number of hydrogen-bond acceptors (Lipinski definition) is 3. The standard InChI is InChI=1S/C18H34O5/c1-2-3-4-5-6-7-8-9-10-11-12-13-14-15(17(20)21)16(19)18(22)23/h15-16,19H,2-14H2,1H3,(H,20,21)(H,22,23). The molecule has 0 radical (unpaired) electrons. The zero-order valence-electron chi connectivity index (χ0n) is 14.5. The van der Waals surface area contributed by atoms with E-state index in [9.17, 15) is 14.7 Å². The van der Waals surface area contributed by atoms with Crippen LogP contribution >= 0.6 is 0 Å². The van der Waals surface area contributed by atoms with E-state index >= 15 is 0 Å². The molecule has 3 N–H and O–H groups in total. The van der Waals surface area contributed by atoms with Crippen molar-refractivity contribution in [3.8, 4) is 0 Å². The third kappa shape index (κ3) is 12.0. The maximum Gasteiger partial charge on any atom is 0.333 e. The van der Waals surface area contributed by atoms with Crippen LogP contribution in [0.4, 0.5) is 0 Å². The number of carbonyl (C=O) groups is 2. The lowest BCUT2D eigenvalue weighted by Gasteiger charge is -2.15. The van der Waals surface area contributed by atoms with E-state index < -0.39 is 24.0 Å². The number of rotatable bonds is 16. The Morgan fingerprint density at radius 1 is 0.696 bits per heavy atom. The molecule has 0 heterocycles. The van der Waals surface area contributed by atoms with Crippen molar-refractivity contribution in [2.45, 2.75) is 96.5 Å². The Labute approximate surface area is 140 Å². The van der Waals surface area contributed by atoms with Gasteiger partial charge in [0.15, 0.2) is 6.10 Å². The van der Waals surface area contributed by atoms with Crippen molar-refractivity contribution in [2.24, 2.45) is 5.92 Å². The minimum atomic E-state index is -1.81. The van der Waals surface area contributed by atoms with Crippen molar-refractivity contribution in [1.29, 1.82) is 0 Å². The van der Waals surface area contributed by atoms with E-state index in [4.69, 9.17) is 10.2 Å². The Balaban J connectivity index is 3.50. The fourth-order valence-corrected chi connectivity index (χ4v) is 2.79. The molecule has 0 spiro atoms. The summed E-state index contributed by atoms with van der Waals surface area (Å²) in [6.45, 7) is 2.22. The third-order valence-corrected chi connectivity index (χ3v) is 4.32. The summed E-state index contributed by atoms with van der Waals surface area (Å²) >= 11 is 0. The molecule has 0 aromatic carbocycles. The first-order chi connectivity index (χ1) is 11.0. The number of aliphatic hydroxyl groups excluding tert-OH is 1. The fraction of sp³-hybridized carbons (Fsp3) is 0.889. The van der Waals surface area contributed by atoms with Crippen molar-refractivity contribution in [2.75, 3.05) is 0 Å². The third-order valence-electron chi connectivity index (χ3n) is 4.32. The summed E-state index contributed by atoms with van der Waals surface area (Å²) in [5.74, 6) is -3.89. The lowest BCUT2D eigenvalue weighted by molar-refractivity contribution is -0.159. The number of unbranched alkanes of at least 4 members (excludes halogenated alkanes) is 11. The minimum Gasteiger partial charge on any atom is -0.481 e. The monoisotopic (exact) mass is 330 g/mol. The fourth-order valence-electron chi connectivity index (χ4n) is 2.79. The minimum absolute atomic E-state index is 0.222. The van der Waals surface area contributed by atoms with Crippen molar-refractivity contribution in [3.05, 3.63) is 0 Å². The molecule has 0 aromatic heterocycles. The average Bonchev–Trinajstić information content (AvgIpc) is 2.51. The van der Waals surface area contributed by atoms with Crippen LogP contribution in [0, 0.1) is 5.92 Å². The van der Waals surface area contributed by atoms with Gasteiger partial charge in [-0.15, -0.1) is 0 Å². The molecular weight excluding hydrogens is 296 g/mol. The van der Waals surface area contributed by atoms with E-state index in [1.54, 1.807) is 0 Å². The Kier molecular flexibility index (Phi) is 13.8. The quantitative estimate of drug-likeness (QED) is 0.368. The van der Waals surface area contributed by atoms with Gasteiger partial charge < -0.3 is 15.3 Å². The van der Waals surface area contributed by atoms with E-state index in [1.807, 2.05) is 0 Å². The molecule has 0 aliphatic carbocycles. The normalized spacial score (nSPS) is 13.7. The van der Waals surface area contributed by atoms with Gasteiger partial charge in [-0.1, -0.05) is 84.0 Å². The van der Waals surface area contributed by atoms with E-state index in [0.717, 1.165) is 19.3 Å². The molecule has 0 rings (SSSR count). The molecule has 0 aliphatic rings. The highest BCUT2D eigenvalue weighted by Gasteiger charge is 2.31. The van der Waals surface area contributed by atoms with Crippen LogP contribution in [-0.2, 0) is 9.59 Å². The predicted octanol–water partition coefficient (Wildman–Crippen LogP) is 4.22. The molecule has 0 amide bonds. The first kappa shape index (κ1) is 21.9. The van der Waals surface area contributed by atoms with Crippen molar-refractivity contribution < 1.29 is 24.9 Å². The van der Waals surface area contributed by atoms with Crippen LogP contribution in [0.1, 0.15) is 90.4 Å². The molecule has 0 saturated heterocycles. The van der Waals surface area contributed by atoms with E-state index in [1.165, 1.54) is 51.4 Å². The molecule has 5 nitrogen and oxygen atoms in total. The highest BCUT2D eigenvalue weighted by molar-refractivity contribution is 5.81. The maximum atomic E-state index is 11.0. The van der Waals surface area contributed by atoms with Crippen molar-refractivity contribution in [1.82, 2.24) is 0 Å². The second-order valence-corrected chi connectivity index (χ2v) is 6.41. The van der Waals surface area contributed by atoms with Crippen LogP contribution < -0.4 is 0 Å². The van der Waals surface area contributed by atoms with Gasteiger partial charge in [-0.25, -0.2) is 4.79 Å². The van der Waals surface area contributed by atoms with Gasteiger partial charge in [0.25, 0.3) is 0 Å². The number of aliphatic hydroxyl groups is 1. The molecule has 0 bridgehead atoms. The first-order valence-electron chi connectivity index (χ1n) is 9.14. The zero-order valence-corrected chi connectivity index (χ0v) is 14.5. The second-order valence-electron chi connectivity index (χ2n) is 6.41. The highest BCUT2D eigenvalue weighted by atomic mass is 16.4. The van der Waals surface area contributed by atoms with Crippen LogP contribution in [0.2, 0.25) is 0 Å². The molecule has 0 fully saturated rings. The predicted molar refractivity (Wildman–Crippen MR) is 90.5 cm³/mol. The van der Waals surface area contributed by atoms with E-state index in [-0.39, 0.29) is 6.42 Å². The summed E-state index contributed by atoms with van der Waals surface area (Å²) < 4.78 is 0. The Hall–Kier alpha value is -1.10. The van der Waals surface area contributed by atoms with Gasteiger partial charge >= 0.3 is 11.9 Å². The van der Waals surface area contributed by atoms with Crippen molar-refractivity contribution in [3.63, 3.8) is 0 Å². The lowest BCUT2D eigenvalue weighted by Crippen LogP contribution is -2.34. The van der Waals surface area contributed by atoms with E-state index in [0.29, 0.717) is 6.42 Å². The van der Waals surface area contributed by atoms with Gasteiger partial charge in [0.1, 0.15) is 0 Å². The van der Waals surface area contributed by atoms with Crippen LogP contribution in [0.5, 0.6) is 0 Å². The highest BCUT2D eigenvalue weighted by Crippen LogP contribution is 2.17. The summed E-state index contributed by atoms with van der Waals surface area (Å²) in [5, 5.41) is 27.0. The molecule has 2 atom stereocenters. The molecule has 0 aliphatic heterocycles. The van der Waals surface area contributed by atoms with Crippen LogP contribution in [0.3, 0.4) is 0 Å². The number of carboxylic acids is 2. The molecular formula is C18H34O5. The zero-order chi connectivity index (χ0) is 17.5. The number of hydrogen-bond donors (Lipinski definition) is 3. The second kappa shape index (κ2) is 14.5. The van der Waals surface area contributed by atoms with Gasteiger partial charge in [0.05, 0.1) is 5.92 Å². The summed E-state index contributed by atoms with van der Waals surface area (Å²) in [5.41, 5.74) is 0. The van der Waals surface area contributed by atoms with Gasteiger partial charge in [-0.3, -0.25) is 4.79 Å². The number of carboxylic acid groups (broad SMARTS) is 2. The average molecular weight is 330 g/mol. The Morgan fingerprint density at radius 2 is 1.09 bits per heavy atom. The summed E-state index contributed by atoms with van der Waals surface area (Å²) in [6.07, 6.45) is 12.6. The SMILES string of the molecule is CCCCCCCCCCCCCCC(C(=O)O)C(O)C(=O)O. The lowest BCUT2D eigenvalue weighted by atomic mass is 9.95. The van der Waals surface area contributed by atoms with Crippen LogP contribution in [-0.4, -0.2) is 33.4 Å². The summed E-state index contributed by atoms with van der Waals surface area (Å²) in [4.78, 5) is 21.6. The first-order valence-corrected chi connectivity index (χ1v) is 9.14. The largest absolute Gasteiger partial charge is 0.481 e. The molecule has 2 unspecified atom stereocenters. The molecule has 136 valence electrons. The topological polar surface area (TPSA) is 94.8 Å². The summed E-state index contributed by atoms with van der Waals surface area (Å²) in [7, 11) is 0. The smallest absolute Gasteiger partial charge is 0.333 e. The van der Waals surface area contributed by atoms with Crippen molar-refractivity contribution >= 4 is 11.9 Å².